The van der Waals surface area contributed by atoms with Crippen molar-refractivity contribution in [3.05, 3.63) is 35.9 Å². The second-order valence-electron chi connectivity index (χ2n) is 7.93. The SMILES string of the molecule is CC(C)[C@H](N)C(=O)NCC(=O)N1CCN(CCN(C)Cc2ccccc2)CC1. The summed E-state index contributed by atoms with van der Waals surface area (Å²) in [4.78, 5) is 30.7. The third-order valence-corrected chi connectivity index (χ3v) is 5.25. The number of rotatable bonds is 9. The van der Waals surface area contributed by atoms with Gasteiger partial charge in [-0.15, -0.1) is 0 Å². The number of benzene rings is 1. The molecule has 1 atom stereocenters. The van der Waals surface area contributed by atoms with Gasteiger partial charge >= 0.3 is 0 Å². The second kappa shape index (κ2) is 11.1. The third kappa shape index (κ3) is 7.22. The number of hydrogen-bond acceptors (Lipinski definition) is 5. The molecular weight excluding hydrogens is 354 g/mol. The van der Waals surface area contributed by atoms with Gasteiger partial charge in [-0.1, -0.05) is 44.2 Å². The predicted octanol–water partition coefficient (Wildman–Crippen LogP) is 0.362. The van der Waals surface area contributed by atoms with Gasteiger partial charge in [0.1, 0.15) is 0 Å². The van der Waals surface area contributed by atoms with Gasteiger partial charge in [0.2, 0.25) is 11.8 Å². The van der Waals surface area contributed by atoms with Crippen LogP contribution in [0.15, 0.2) is 30.3 Å². The van der Waals surface area contributed by atoms with Crippen molar-refractivity contribution in [3.63, 3.8) is 0 Å². The summed E-state index contributed by atoms with van der Waals surface area (Å²) in [7, 11) is 2.14. The van der Waals surface area contributed by atoms with Crippen molar-refractivity contribution in [2.24, 2.45) is 11.7 Å². The summed E-state index contributed by atoms with van der Waals surface area (Å²) in [6.07, 6.45) is 0. The van der Waals surface area contributed by atoms with Crippen molar-refractivity contribution in [1.82, 2.24) is 20.0 Å². The maximum absolute atomic E-state index is 12.3. The molecule has 7 heteroatoms. The maximum atomic E-state index is 12.3. The number of amides is 2. The number of nitrogens with two attached hydrogens (primary N) is 1. The molecule has 2 rings (SSSR count). The Morgan fingerprint density at radius 3 is 2.39 bits per heavy atom. The van der Waals surface area contributed by atoms with Crippen molar-refractivity contribution in [2.75, 3.05) is 52.9 Å². The molecule has 1 aromatic carbocycles. The topological polar surface area (TPSA) is 81.9 Å². The average molecular weight is 390 g/mol. The lowest BCUT2D eigenvalue weighted by atomic mass is 10.1. The summed E-state index contributed by atoms with van der Waals surface area (Å²) < 4.78 is 0. The summed E-state index contributed by atoms with van der Waals surface area (Å²) >= 11 is 0. The van der Waals surface area contributed by atoms with Crippen LogP contribution in [-0.4, -0.2) is 85.4 Å². The van der Waals surface area contributed by atoms with Gasteiger partial charge in [-0.3, -0.25) is 14.5 Å². The molecule has 1 heterocycles. The average Bonchev–Trinajstić information content (AvgIpc) is 2.70. The Labute approximate surface area is 168 Å². The predicted molar refractivity (Wildman–Crippen MR) is 112 cm³/mol. The molecule has 7 nitrogen and oxygen atoms in total. The summed E-state index contributed by atoms with van der Waals surface area (Å²) in [6, 6.07) is 9.89. The Balaban J connectivity index is 1.64. The van der Waals surface area contributed by atoms with E-state index in [0.717, 1.165) is 32.7 Å². The molecule has 1 aliphatic rings. The third-order valence-electron chi connectivity index (χ3n) is 5.25. The molecule has 1 fully saturated rings. The molecule has 0 radical (unpaired) electrons. The molecule has 0 bridgehead atoms. The zero-order chi connectivity index (χ0) is 20.5. The van der Waals surface area contributed by atoms with Crippen LogP contribution >= 0.6 is 0 Å². The van der Waals surface area contributed by atoms with Crippen molar-refractivity contribution in [1.29, 1.82) is 0 Å². The fourth-order valence-corrected chi connectivity index (χ4v) is 3.20. The number of piperazine rings is 1. The van der Waals surface area contributed by atoms with Crippen molar-refractivity contribution in [2.45, 2.75) is 26.4 Å². The second-order valence-corrected chi connectivity index (χ2v) is 7.93. The van der Waals surface area contributed by atoms with E-state index in [4.69, 9.17) is 5.73 Å². The lowest BCUT2D eigenvalue weighted by Crippen LogP contribution is -2.53. The Morgan fingerprint density at radius 2 is 1.79 bits per heavy atom. The molecule has 156 valence electrons. The highest BCUT2D eigenvalue weighted by molar-refractivity contribution is 5.87. The normalized spacial score (nSPS) is 16.4. The Hall–Kier alpha value is -1.96. The van der Waals surface area contributed by atoms with Gasteiger partial charge in [0.05, 0.1) is 12.6 Å². The Bertz CT molecular complexity index is 614. The smallest absolute Gasteiger partial charge is 0.242 e. The molecule has 0 aliphatic carbocycles. The first-order valence-corrected chi connectivity index (χ1v) is 10.1. The minimum Gasteiger partial charge on any atom is -0.346 e. The molecule has 1 aliphatic heterocycles. The Kier molecular flexibility index (Phi) is 8.89. The van der Waals surface area contributed by atoms with Crippen LogP contribution < -0.4 is 11.1 Å². The standard InChI is InChI=1S/C21H35N5O2/c1-17(2)20(22)21(28)23-15-19(27)26-13-11-25(12-14-26)10-9-24(3)16-18-7-5-4-6-8-18/h4-8,17,20H,9-16,22H2,1-3H3,(H,23,28)/t20-/m0/s1. The van der Waals surface area contributed by atoms with E-state index in [0.29, 0.717) is 13.1 Å². The first-order chi connectivity index (χ1) is 13.4. The van der Waals surface area contributed by atoms with E-state index in [9.17, 15) is 9.59 Å². The van der Waals surface area contributed by atoms with Crippen LogP contribution in [0.4, 0.5) is 0 Å². The van der Waals surface area contributed by atoms with E-state index >= 15 is 0 Å². The van der Waals surface area contributed by atoms with Crippen LogP contribution in [0, 0.1) is 5.92 Å². The summed E-state index contributed by atoms with van der Waals surface area (Å²) in [6.45, 7) is 9.87. The minimum atomic E-state index is -0.572. The largest absolute Gasteiger partial charge is 0.346 e. The lowest BCUT2D eigenvalue weighted by molar-refractivity contribution is -0.134. The molecule has 0 unspecified atom stereocenters. The Morgan fingerprint density at radius 1 is 1.14 bits per heavy atom. The first kappa shape index (κ1) is 22.3. The summed E-state index contributed by atoms with van der Waals surface area (Å²) in [5.74, 6) is -0.243. The molecule has 2 amide bonds. The van der Waals surface area contributed by atoms with E-state index in [1.165, 1.54) is 5.56 Å². The summed E-state index contributed by atoms with van der Waals surface area (Å²) in [5, 5.41) is 2.66. The zero-order valence-corrected chi connectivity index (χ0v) is 17.4. The highest BCUT2D eigenvalue weighted by Gasteiger charge is 2.23. The van der Waals surface area contributed by atoms with Crippen LogP contribution in [0.25, 0.3) is 0 Å². The number of carbonyl (C=O) groups excluding carboxylic acids is 2. The number of likely N-dealkylation sites (N-methyl/N-ethyl adjacent to an activating group) is 1. The van der Waals surface area contributed by atoms with Gasteiger partial charge in [0, 0.05) is 45.8 Å². The molecule has 1 aromatic rings. The van der Waals surface area contributed by atoms with Crippen LogP contribution in [-0.2, 0) is 16.1 Å². The van der Waals surface area contributed by atoms with Crippen LogP contribution in [0.2, 0.25) is 0 Å². The van der Waals surface area contributed by atoms with Gasteiger partial charge in [-0.2, -0.15) is 0 Å². The van der Waals surface area contributed by atoms with Crippen LogP contribution in [0.1, 0.15) is 19.4 Å². The van der Waals surface area contributed by atoms with Crippen LogP contribution in [0.5, 0.6) is 0 Å². The van der Waals surface area contributed by atoms with Gasteiger partial charge < -0.3 is 20.9 Å². The molecule has 28 heavy (non-hydrogen) atoms. The van der Waals surface area contributed by atoms with E-state index in [2.05, 4.69) is 46.4 Å². The van der Waals surface area contributed by atoms with Gasteiger partial charge in [-0.05, 0) is 18.5 Å². The van der Waals surface area contributed by atoms with Crippen molar-refractivity contribution < 1.29 is 9.59 Å². The van der Waals surface area contributed by atoms with Crippen molar-refractivity contribution >= 4 is 11.8 Å². The van der Waals surface area contributed by atoms with E-state index < -0.39 is 6.04 Å². The molecule has 0 spiro atoms. The molecule has 0 saturated carbocycles. The zero-order valence-electron chi connectivity index (χ0n) is 17.4. The number of hydrogen-bond donors (Lipinski definition) is 2. The van der Waals surface area contributed by atoms with Crippen molar-refractivity contribution in [3.8, 4) is 0 Å². The van der Waals surface area contributed by atoms with E-state index in [-0.39, 0.29) is 24.3 Å². The quantitative estimate of drug-likeness (QED) is 0.637. The minimum absolute atomic E-state index is 0.0269. The number of nitrogens with zero attached hydrogens (tertiary/aromatic N) is 3. The van der Waals surface area contributed by atoms with Gasteiger partial charge in [-0.25, -0.2) is 0 Å². The monoisotopic (exact) mass is 389 g/mol. The maximum Gasteiger partial charge on any atom is 0.242 e. The van der Waals surface area contributed by atoms with Gasteiger partial charge in [0.25, 0.3) is 0 Å². The fourth-order valence-electron chi connectivity index (χ4n) is 3.20. The highest BCUT2D eigenvalue weighted by Crippen LogP contribution is 2.05. The number of carbonyl (C=O) groups is 2. The molecular formula is C21H35N5O2. The van der Waals surface area contributed by atoms with Gasteiger partial charge in [0.15, 0.2) is 0 Å². The van der Waals surface area contributed by atoms with E-state index in [1.807, 2.05) is 24.8 Å². The molecule has 3 N–H and O–H groups in total. The number of nitrogens with one attached hydrogen (secondary N) is 1. The molecule has 0 aromatic heterocycles. The lowest BCUT2D eigenvalue weighted by Gasteiger charge is -2.35. The highest BCUT2D eigenvalue weighted by atomic mass is 16.2. The molecule has 1 saturated heterocycles. The fraction of sp³-hybridized carbons (Fsp3) is 0.619. The summed E-state index contributed by atoms with van der Waals surface area (Å²) in [5.41, 5.74) is 7.12. The first-order valence-electron chi connectivity index (χ1n) is 10.1. The van der Waals surface area contributed by atoms with Crippen LogP contribution in [0.3, 0.4) is 0 Å². The van der Waals surface area contributed by atoms with E-state index in [1.54, 1.807) is 0 Å².